The number of carbonyl (C=O) groups excluding carboxylic acids is 1. The van der Waals surface area contributed by atoms with Crippen LogP contribution in [0.3, 0.4) is 0 Å². The number of halogens is 1. The molecule has 0 bridgehead atoms. The summed E-state index contributed by atoms with van der Waals surface area (Å²) in [7, 11) is 0. The average molecular weight is 518 g/mol. The second kappa shape index (κ2) is 9.82. The van der Waals surface area contributed by atoms with Gasteiger partial charge in [0.2, 0.25) is 0 Å². The molecule has 9 heteroatoms. The number of rotatable bonds is 7. The first-order valence-electron chi connectivity index (χ1n) is 12.9. The lowest BCUT2D eigenvalue weighted by Gasteiger charge is -2.41. The van der Waals surface area contributed by atoms with Gasteiger partial charge < -0.3 is 9.84 Å². The molecule has 0 radical (unpaired) electrons. The molecule has 6 rings (SSSR count). The summed E-state index contributed by atoms with van der Waals surface area (Å²) in [5, 5.41) is 24.9. The number of aromatic nitrogens is 4. The van der Waals surface area contributed by atoms with Crippen LogP contribution < -0.4 is 0 Å². The number of cyclic esters (lactones) is 1. The van der Waals surface area contributed by atoms with Crippen molar-refractivity contribution >= 4 is 11.7 Å². The number of nitriles is 1. The zero-order valence-electron chi connectivity index (χ0n) is 20.5. The van der Waals surface area contributed by atoms with Gasteiger partial charge in [-0.2, -0.15) is 10.2 Å². The normalized spacial score (nSPS) is 22.7. The predicted octanol–water partition coefficient (Wildman–Crippen LogP) is 5.32. The highest BCUT2D eigenvalue weighted by molar-refractivity contribution is 5.90. The van der Waals surface area contributed by atoms with Gasteiger partial charge in [-0.25, -0.2) is 18.7 Å². The molecule has 3 aromatic rings. The molecule has 2 fully saturated rings. The Hall–Kier alpha value is -3.80. The molecule has 3 aliphatic rings. The van der Waals surface area contributed by atoms with Crippen molar-refractivity contribution in [1.29, 1.82) is 5.26 Å². The van der Waals surface area contributed by atoms with Gasteiger partial charge in [0.15, 0.2) is 5.82 Å². The third-order valence-electron chi connectivity index (χ3n) is 8.30. The van der Waals surface area contributed by atoms with E-state index in [4.69, 9.17) is 4.74 Å². The standard InChI is InChI=1S/C28H28FN5O3.CH4/c29-22-14-18(6-7-21(22)27(17-30)10-11-27)8-9-28(19-4-1-2-5-19)16-23(35)20(25(36)37-28)15-24-32-26-31-12-3-13-34(26)33-24;/h3,6-7,12-14,19,35H,1-2,4-5,8-11,15-16H2;1H4. The SMILES string of the molecule is C.N#CC1(c2ccc(CCC3(C4CCCC4)CC(O)=C(Cc4nc5ncccn5n4)C(=O)O3)cc2F)CC1. The molecular formula is C29H32FN5O3. The van der Waals surface area contributed by atoms with Gasteiger partial charge in [0.1, 0.15) is 17.2 Å². The van der Waals surface area contributed by atoms with Gasteiger partial charge >= 0.3 is 5.97 Å². The Morgan fingerprint density at radius 1 is 1.26 bits per heavy atom. The van der Waals surface area contributed by atoms with Crippen molar-refractivity contribution in [3.8, 4) is 6.07 Å². The van der Waals surface area contributed by atoms with E-state index in [1.807, 2.05) is 6.07 Å². The molecule has 0 saturated heterocycles. The number of carbonyl (C=O) groups is 1. The minimum absolute atomic E-state index is 0. The highest BCUT2D eigenvalue weighted by Gasteiger charge is 2.49. The van der Waals surface area contributed by atoms with E-state index in [9.17, 15) is 19.6 Å². The van der Waals surface area contributed by atoms with E-state index < -0.39 is 17.0 Å². The Balaban J connectivity index is 0.00000294. The van der Waals surface area contributed by atoms with Crippen molar-refractivity contribution in [3.05, 3.63) is 70.8 Å². The third-order valence-corrected chi connectivity index (χ3v) is 8.30. The Labute approximate surface area is 221 Å². The first kappa shape index (κ1) is 25.8. The van der Waals surface area contributed by atoms with Crippen molar-refractivity contribution in [2.45, 2.75) is 82.7 Å². The molecular weight excluding hydrogens is 485 g/mol. The molecule has 0 amide bonds. The highest BCUT2D eigenvalue weighted by Crippen LogP contribution is 2.49. The van der Waals surface area contributed by atoms with Crippen LogP contribution in [0.4, 0.5) is 4.39 Å². The lowest BCUT2D eigenvalue weighted by Crippen LogP contribution is -2.46. The summed E-state index contributed by atoms with van der Waals surface area (Å²) in [5.74, 6) is 0.0474. The lowest BCUT2D eigenvalue weighted by atomic mass is 9.76. The third kappa shape index (κ3) is 4.53. The van der Waals surface area contributed by atoms with E-state index >= 15 is 0 Å². The van der Waals surface area contributed by atoms with E-state index in [1.54, 1.807) is 24.5 Å². The lowest BCUT2D eigenvalue weighted by molar-refractivity contribution is -0.167. The summed E-state index contributed by atoms with van der Waals surface area (Å²) in [6.07, 6.45) is 9.94. The molecule has 2 saturated carbocycles. The molecule has 3 heterocycles. The summed E-state index contributed by atoms with van der Waals surface area (Å²) in [5.41, 5.74) is -0.0837. The number of hydrogen-bond acceptors (Lipinski definition) is 7. The zero-order valence-corrected chi connectivity index (χ0v) is 20.5. The van der Waals surface area contributed by atoms with Crippen LogP contribution in [0.5, 0.6) is 0 Å². The smallest absolute Gasteiger partial charge is 0.338 e. The monoisotopic (exact) mass is 517 g/mol. The second-order valence-corrected chi connectivity index (χ2v) is 10.6. The predicted molar refractivity (Wildman–Crippen MR) is 138 cm³/mol. The number of esters is 1. The van der Waals surface area contributed by atoms with Crippen LogP contribution in [-0.2, 0) is 27.8 Å². The number of aryl methyl sites for hydroxylation is 1. The van der Waals surface area contributed by atoms with E-state index in [2.05, 4.69) is 21.1 Å². The molecule has 8 nitrogen and oxygen atoms in total. The maximum absolute atomic E-state index is 14.9. The van der Waals surface area contributed by atoms with Gasteiger partial charge in [0.25, 0.3) is 5.78 Å². The topological polar surface area (TPSA) is 113 Å². The Morgan fingerprint density at radius 3 is 2.71 bits per heavy atom. The van der Waals surface area contributed by atoms with Gasteiger partial charge in [-0.1, -0.05) is 32.4 Å². The van der Waals surface area contributed by atoms with Crippen LogP contribution in [0.2, 0.25) is 0 Å². The number of nitrogens with zero attached hydrogens (tertiary/aromatic N) is 5. The van der Waals surface area contributed by atoms with Gasteiger partial charge in [-0.15, -0.1) is 5.10 Å². The first-order valence-corrected chi connectivity index (χ1v) is 12.9. The fourth-order valence-electron chi connectivity index (χ4n) is 6.02. The van der Waals surface area contributed by atoms with E-state index in [0.29, 0.717) is 42.8 Å². The molecule has 2 aromatic heterocycles. The minimum Gasteiger partial charge on any atom is -0.512 e. The fourth-order valence-corrected chi connectivity index (χ4v) is 6.02. The minimum atomic E-state index is -0.839. The van der Waals surface area contributed by atoms with Gasteiger partial charge in [-0.3, -0.25) is 0 Å². The molecule has 198 valence electrons. The number of aliphatic hydroxyl groups is 1. The Bertz CT molecular complexity index is 1410. The van der Waals surface area contributed by atoms with Crippen LogP contribution in [0.15, 0.2) is 48.0 Å². The number of hydrogen-bond donors (Lipinski definition) is 1. The van der Waals surface area contributed by atoms with Crippen molar-refractivity contribution in [3.63, 3.8) is 0 Å². The largest absolute Gasteiger partial charge is 0.512 e. The molecule has 38 heavy (non-hydrogen) atoms. The molecule has 1 N–H and O–H groups in total. The van der Waals surface area contributed by atoms with Crippen LogP contribution >= 0.6 is 0 Å². The molecule has 2 aliphatic carbocycles. The zero-order chi connectivity index (χ0) is 25.6. The van der Waals surface area contributed by atoms with Crippen molar-refractivity contribution in [2.24, 2.45) is 5.92 Å². The summed E-state index contributed by atoms with van der Waals surface area (Å²) in [4.78, 5) is 21.7. The van der Waals surface area contributed by atoms with E-state index in [1.165, 1.54) is 10.6 Å². The first-order chi connectivity index (χ1) is 17.9. The van der Waals surface area contributed by atoms with Crippen LogP contribution in [-0.4, -0.2) is 36.3 Å². The van der Waals surface area contributed by atoms with E-state index in [0.717, 1.165) is 31.2 Å². The Kier molecular flexibility index (Phi) is 6.68. The summed E-state index contributed by atoms with van der Waals surface area (Å²) in [6.45, 7) is 0. The maximum Gasteiger partial charge on any atom is 0.338 e. The maximum atomic E-state index is 14.9. The van der Waals surface area contributed by atoms with E-state index in [-0.39, 0.29) is 43.3 Å². The Morgan fingerprint density at radius 2 is 2.05 bits per heavy atom. The van der Waals surface area contributed by atoms with Gasteiger partial charge in [-0.05, 0) is 62.1 Å². The quantitative estimate of drug-likeness (QED) is 0.422. The highest BCUT2D eigenvalue weighted by atomic mass is 19.1. The van der Waals surface area contributed by atoms with Crippen molar-refractivity contribution in [2.75, 3.05) is 0 Å². The van der Waals surface area contributed by atoms with Crippen molar-refractivity contribution in [1.82, 2.24) is 19.6 Å². The molecule has 1 aliphatic heterocycles. The van der Waals surface area contributed by atoms with Crippen molar-refractivity contribution < 1.29 is 19.0 Å². The number of fused-ring (bicyclic) bond motifs is 1. The van der Waals surface area contributed by atoms with Gasteiger partial charge in [0.05, 0.1) is 17.1 Å². The molecule has 1 aromatic carbocycles. The fraction of sp³-hybridized carbons (Fsp3) is 0.483. The second-order valence-electron chi connectivity index (χ2n) is 10.6. The van der Waals surface area contributed by atoms with Gasteiger partial charge in [0, 0.05) is 30.8 Å². The van der Waals surface area contributed by atoms with Crippen LogP contribution in [0.1, 0.15) is 75.7 Å². The summed E-state index contributed by atoms with van der Waals surface area (Å²) < 4.78 is 22.6. The average Bonchev–Trinajstić information content (AvgIpc) is 3.27. The molecule has 0 spiro atoms. The molecule has 1 unspecified atom stereocenters. The number of ether oxygens (including phenoxy) is 1. The van der Waals surface area contributed by atoms with Crippen LogP contribution in [0, 0.1) is 23.1 Å². The van der Waals surface area contributed by atoms with Crippen LogP contribution in [0.25, 0.3) is 5.78 Å². The number of aliphatic hydroxyl groups excluding tert-OH is 1. The summed E-state index contributed by atoms with van der Waals surface area (Å²) in [6, 6.07) is 9.08. The number of benzene rings is 1. The summed E-state index contributed by atoms with van der Waals surface area (Å²) >= 11 is 0. The molecule has 1 atom stereocenters.